The van der Waals surface area contributed by atoms with E-state index >= 15 is 0 Å². The van der Waals surface area contributed by atoms with Crippen LogP contribution in [-0.4, -0.2) is 20.9 Å². The number of fused-ring (bicyclic) bond motifs is 2. The molecule has 4 N–H and O–H groups in total. The first-order chi connectivity index (χ1) is 16.4. The predicted octanol–water partition coefficient (Wildman–Crippen LogP) is 5.86. The maximum Gasteiger partial charge on any atom is 0.257 e. The van der Waals surface area contributed by atoms with Crippen LogP contribution in [0.25, 0.3) is 21.7 Å². The molecule has 0 radical (unpaired) electrons. The number of nitrogen functional groups attached to an aromatic ring is 1. The molecule has 0 fully saturated rings. The molecule has 0 aliphatic rings. The van der Waals surface area contributed by atoms with Crippen molar-refractivity contribution >= 4 is 62.2 Å². The first-order valence-electron chi connectivity index (χ1n) is 10.3. The van der Waals surface area contributed by atoms with E-state index in [1.807, 2.05) is 19.1 Å². The first-order valence-corrected chi connectivity index (χ1v) is 10.7. The number of aromatic nitrogens is 3. The van der Waals surface area contributed by atoms with Gasteiger partial charge >= 0.3 is 0 Å². The SMILES string of the molecule is Cc1ccc2c(Nc3ccc(Cl)cc3F)nccc2c1NC(=O)c1cccc2c(N)ncnc12. The Morgan fingerprint density at radius 1 is 1.00 bits per heavy atom. The molecule has 0 atom stereocenters. The molecule has 2 heterocycles. The Hall–Kier alpha value is -4.30. The van der Waals surface area contributed by atoms with Crippen molar-refractivity contribution in [3.05, 3.63) is 89.1 Å². The van der Waals surface area contributed by atoms with Gasteiger partial charge in [0.1, 0.15) is 23.8 Å². The molecular weight excluding hydrogens is 455 g/mol. The van der Waals surface area contributed by atoms with Crippen LogP contribution in [0.3, 0.4) is 0 Å². The number of anilines is 4. The summed E-state index contributed by atoms with van der Waals surface area (Å²) < 4.78 is 14.3. The van der Waals surface area contributed by atoms with Crippen LogP contribution >= 0.6 is 11.6 Å². The van der Waals surface area contributed by atoms with Gasteiger partial charge in [0, 0.05) is 27.4 Å². The van der Waals surface area contributed by atoms with Crippen LogP contribution in [0.2, 0.25) is 5.02 Å². The summed E-state index contributed by atoms with van der Waals surface area (Å²) in [6.45, 7) is 1.89. The Morgan fingerprint density at radius 3 is 2.68 bits per heavy atom. The van der Waals surface area contributed by atoms with Gasteiger partial charge in [-0.05, 0) is 48.9 Å². The number of rotatable bonds is 4. The summed E-state index contributed by atoms with van der Waals surface area (Å²) in [6.07, 6.45) is 2.93. The molecule has 0 spiro atoms. The number of pyridine rings is 1. The third-order valence-electron chi connectivity index (χ3n) is 5.52. The highest BCUT2D eigenvalue weighted by atomic mass is 35.5. The summed E-state index contributed by atoms with van der Waals surface area (Å²) in [5.41, 5.74) is 8.49. The number of nitrogens with zero attached hydrogens (tertiary/aromatic N) is 3. The molecule has 5 aromatic rings. The second-order valence-corrected chi connectivity index (χ2v) is 8.11. The fourth-order valence-electron chi connectivity index (χ4n) is 3.82. The van der Waals surface area contributed by atoms with Gasteiger partial charge < -0.3 is 16.4 Å². The van der Waals surface area contributed by atoms with Gasteiger partial charge in [-0.3, -0.25) is 4.79 Å². The number of benzene rings is 3. The van der Waals surface area contributed by atoms with Crippen LogP contribution in [0.15, 0.2) is 67.1 Å². The Morgan fingerprint density at radius 2 is 1.85 bits per heavy atom. The molecule has 0 aliphatic heterocycles. The molecule has 34 heavy (non-hydrogen) atoms. The molecule has 0 bridgehead atoms. The van der Waals surface area contributed by atoms with Crippen LogP contribution in [0, 0.1) is 12.7 Å². The van der Waals surface area contributed by atoms with Crippen LogP contribution in [0.1, 0.15) is 15.9 Å². The largest absolute Gasteiger partial charge is 0.383 e. The number of nitrogens with two attached hydrogens (primary N) is 1. The van der Waals surface area contributed by atoms with E-state index in [9.17, 15) is 9.18 Å². The van der Waals surface area contributed by atoms with Gasteiger partial charge in [0.15, 0.2) is 0 Å². The highest BCUT2D eigenvalue weighted by molar-refractivity contribution is 6.30. The molecule has 3 aromatic carbocycles. The predicted molar refractivity (Wildman–Crippen MR) is 133 cm³/mol. The van der Waals surface area contributed by atoms with Crippen molar-refractivity contribution in [3.63, 3.8) is 0 Å². The lowest BCUT2D eigenvalue weighted by Gasteiger charge is -2.15. The van der Waals surface area contributed by atoms with Crippen LogP contribution in [-0.2, 0) is 0 Å². The zero-order valence-corrected chi connectivity index (χ0v) is 18.7. The summed E-state index contributed by atoms with van der Waals surface area (Å²) >= 11 is 5.86. The van der Waals surface area contributed by atoms with E-state index in [2.05, 4.69) is 25.6 Å². The standard InChI is InChI=1S/C25H18ClFN6O/c1-13-5-7-16-15(9-10-29-24(16)32-20-8-6-14(26)11-19(20)27)21(13)33-25(34)18-4-2-3-17-22(18)30-12-31-23(17)28/h2-12H,1H3,(H,29,32)(H,33,34)(H2,28,30,31). The van der Waals surface area contributed by atoms with Crippen molar-refractivity contribution in [2.24, 2.45) is 0 Å². The van der Waals surface area contributed by atoms with E-state index < -0.39 is 5.82 Å². The fraction of sp³-hybridized carbons (Fsp3) is 0.0400. The lowest BCUT2D eigenvalue weighted by atomic mass is 10.0. The van der Waals surface area contributed by atoms with Crippen molar-refractivity contribution in [2.45, 2.75) is 6.92 Å². The smallest absolute Gasteiger partial charge is 0.257 e. The summed E-state index contributed by atoms with van der Waals surface area (Å²) in [5, 5.41) is 8.38. The number of hydrogen-bond donors (Lipinski definition) is 3. The average molecular weight is 473 g/mol. The van der Waals surface area contributed by atoms with Gasteiger partial charge in [-0.1, -0.05) is 29.8 Å². The molecule has 0 aliphatic carbocycles. The van der Waals surface area contributed by atoms with Gasteiger partial charge in [0.05, 0.1) is 22.5 Å². The highest BCUT2D eigenvalue weighted by Gasteiger charge is 2.17. The van der Waals surface area contributed by atoms with Gasteiger partial charge in [0.25, 0.3) is 5.91 Å². The zero-order valence-electron chi connectivity index (χ0n) is 17.9. The fourth-order valence-corrected chi connectivity index (χ4v) is 3.98. The number of para-hydroxylation sites is 1. The van der Waals surface area contributed by atoms with E-state index in [4.69, 9.17) is 17.3 Å². The summed E-state index contributed by atoms with van der Waals surface area (Å²) in [5.74, 6) is -0.0874. The third kappa shape index (κ3) is 3.84. The maximum absolute atomic E-state index is 14.3. The molecule has 9 heteroatoms. The number of carbonyl (C=O) groups excluding carboxylic acids is 1. The normalized spacial score (nSPS) is 11.0. The third-order valence-corrected chi connectivity index (χ3v) is 5.75. The first kappa shape index (κ1) is 21.5. The molecule has 0 saturated carbocycles. The van der Waals surface area contributed by atoms with Crippen molar-refractivity contribution in [3.8, 4) is 0 Å². The van der Waals surface area contributed by atoms with Crippen LogP contribution < -0.4 is 16.4 Å². The molecule has 5 rings (SSSR count). The molecular formula is C25H18ClFN6O. The van der Waals surface area contributed by atoms with Gasteiger partial charge in [-0.25, -0.2) is 19.3 Å². The monoisotopic (exact) mass is 472 g/mol. The lowest BCUT2D eigenvalue weighted by Crippen LogP contribution is -2.14. The van der Waals surface area contributed by atoms with E-state index in [0.29, 0.717) is 44.2 Å². The molecule has 7 nitrogen and oxygen atoms in total. The molecule has 1 amide bonds. The minimum Gasteiger partial charge on any atom is -0.383 e. The number of nitrogens with one attached hydrogen (secondary N) is 2. The minimum absolute atomic E-state index is 0.239. The summed E-state index contributed by atoms with van der Waals surface area (Å²) in [6, 6.07) is 15.1. The number of carbonyl (C=O) groups is 1. The Labute approximate surface area is 198 Å². The van der Waals surface area contributed by atoms with E-state index in [1.165, 1.54) is 12.4 Å². The Balaban J connectivity index is 1.56. The Kier molecular flexibility index (Phi) is 5.43. The molecule has 2 aromatic heterocycles. The van der Waals surface area contributed by atoms with Gasteiger partial charge in [-0.15, -0.1) is 0 Å². The van der Waals surface area contributed by atoms with Gasteiger partial charge in [0.2, 0.25) is 0 Å². The number of hydrogen-bond acceptors (Lipinski definition) is 6. The molecule has 0 unspecified atom stereocenters. The van der Waals surface area contributed by atoms with Crippen molar-refractivity contribution < 1.29 is 9.18 Å². The van der Waals surface area contributed by atoms with Gasteiger partial charge in [-0.2, -0.15) is 0 Å². The second kappa shape index (κ2) is 8.57. The van der Waals surface area contributed by atoms with Crippen molar-refractivity contribution in [2.75, 3.05) is 16.4 Å². The second-order valence-electron chi connectivity index (χ2n) is 7.68. The summed E-state index contributed by atoms with van der Waals surface area (Å²) in [7, 11) is 0. The van der Waals surface area contributed by atoms with Crippen molar-refractivity contribution in [1.29, 1.82) is 0 Å². The van der Waals surface area contributed by atoms with E-state index in [-0.39, 0.29) is 11.6 Å². The van der Waals surface area contributed by atoms with Crippen LogP contribution in [0.4, 0.5) is 27.4 Å². The van der Waals surface area contributed by atoms with Crippen molar-refractivity contribution in [1.82, 2.24) is 15.0 Å². The van der Waals surface area contributed by atoms with E-state index in [0.717, 1.165) is 10.9 Å². The van der Waals surface area contributed by atoms with Crippen LogP contribution in [0.5, 0.6) is 0 Å². The quantitative estimate of drug-likeness (QED) is 0.302. The Bertz CT molecular complexity index is 1590. The number of halogens is 2. The molecule has 168 valence electrons. The highest BCUT2D eigenvalue weighted by Crippen LogP contribution is 2.33. The van der Waals surface area contributed by atoms with E-state index in [1.54, 1.807) is 42.6 Å². The zero-order chi connectivity index (χ0) is 23.8. The maximum atomic E-state index is 14.3. The molecule has 0 saturated heterocycles. The summed E-state index contributed by atoms with van der Waals surface area (Å²) in [4.78, 5) is 25.9. The topological polar surface area (TPSA) is 106 Å². The number of aryl methyl sites for hydroxylation is 1. The average Bonchev–Trinajstić information content (AvgIpc) is 2.82. The number of amides is 1. The lowest BCUT2D eigenvalue weighted by molar-refractivity contribution is 0.102. The minimum atomic E-state index is -0.496.